The molecule has 0 saturated carbocycles. The van der Waals surface area contributed by atoms with Crippen LogP contribution < -0.4 is 4.90 Å². The summed E-state index contributed by atoms with van der Waals surface area (Å²) >= 11 is 0. The molecule has 3 rings (SSSR count). The van der Waals surface area contributed by atoms with E-state index < -0.39 is 0 Å². The summed E-state index contributed by atoms with van der Waals surface area (Å²) in [5.74, 6) is 0.659. The first-order chi connectivity index (χ1) is 8.27. The van der Waals surface area contributed by atoms with Crippen molar-refractivity contribution in [2.75, 3.05) is 31.2 Å². The van der Waals surface area contributed by atoms with Crippen molar-refractivity contribution in [1.82, 2.24) is 4.98 Å². The lowest BCUT2D eigenvalue weighted by atomic mass is 10.0. The third kappa shape index (κ3) is 2.15. The molecule has 0 unspecified atom stereocenters. The third-order valence-electron chi connectivity index (χ3n) is 3.46. The second-order valence-corrected chi connectivity index (χ2v) is 4.82. The SMILES string of the molecule is Cc1ccnc(N2CCCC3(C2)OCCO3)c1. The smallest absolute Gasteiger partial charge is 0.186 e. The predicted octanol–water partition coefficient (Wildman–Crippen LogP) is 1.73. The monoisotopic (exact) mass is 234 g/mol. The first-order valence-electron chi connectivity index (χ1n) is 6.23. The molecule has 0 aliphatic carbocycles. The van der Waals surface area contributed by atoms with E-state index in [1.54, 1.807) is 0 Å². The van der Waals surface area contributed by atoms with Gasteiger partial charge in [-0.2, -0.15) is 0 Å². The number of piperidine rings is 1. The Morgan fingerprint density at radius 1 is 1.35 bits per heavy atom. The van der Waals surface area contributed by atoms with Gasteiger partial charge in [-0.3, -0.25) is 0 Å². The number of rotatable bonds is 1. The van der Waals surface area contributed by atoms with E-state index in [1.807, 2.05) is 12.3 Å². The van der Waals surface area contributed by atoms with Crippen molar-refractivity contribution in [1.29, 1.82) is 0 Å². The first-order valence-corrected chi connectivity index (χ1v) is 6.23. The van der Waals surface area contributed by atoms with Crippen LogP contribution in [-0.4, -0.2) is 37.1 Å². The molecular formula is C13H18N2O2. The van der Waals surface area contributed by atoms with Crippen LogP contribution >= 0.6 is 0 Å². The summed E-state index contributed by atoms with van der Waals surface area (Å²) < 4.78 is 11.5. The molecule has 3 heterocycles. The zero-order chi connectivity index (χ0) is 11.7. The van der Waals surface area contributed by atoms with Gasteiger partial charge in [0.15, 0.2) is 5.79 Å². The minimum atomic E-state index is -0.371. The molecule has 17 heavy (non-hydrogen) atoms. The van der Waals surface area contributed by atoms with Gasteiger partial charge in [0.1, 0.15) is 5.82 Å². The molecule has 4 heteroatoms. The number of ether oxygens (including phenoxy) is 2. The molecule has 92 valence electrons. The van der Waals surface area contributed by atoms with Gasteiger partial charge in [0.2, 0.25) is 0 Å². The maximum absolute atomic E-state index is 5.77. The predicted molar refractivity (Wildman–Crippen MR) is 65.1 cm³/mol. The molecule has 0 atom stereocenters. The summed E-state index contributed by atoms with van der Waals surface area (Å²) in [5.41, 5.74) is 1.24. The van der Waals surface area contributed by atoms with Gasteiger partial charge in [0, 0.05) is 19.2 Å². The molecule has 4 nitrogen and oxygen atoms in total. The van der Waals surface area contributed by atoms with Crippen molar-refractivity contribution in [3.8, 4) is 0 Å². The van der Waals surface area contributed by atoms with E-state index in [2.05, 4.69) is 22.9 Å². The standard InChI is InChI=1S/C13H18N2O2/c1-11-3-5-14-12(9-11)15-6-2-4-13(10-15)16-7-8-17-13/h3,5,9H,2,4,6-8,10H2,1H3. The molecular weight excluding hydrogens is 216 g/mol. The Kier molecular flexibility index (Phi) is 2.76. The molecule has 2 fully saturated rings. The van der Waals surface area contributed by atoms with Gasteiger partial charge >= 0.3 is 0 Å². The quantitative estimate of drug-likeness (QED) is 0.741. The van der Waals surface area contributed by atoms with Gasteiger partial charge in [-0.1, -0.05) is 0 Å². The van der Waals surface area contributed by atoms with E-state index in [9.17, 15) is 0 Å². The van der Waals surface area contributed by atoms with Crippen LogP contribution in [0.4, 0.5) is 5.82 Å². The third-order valence-corrected chi connectivity index (χ3v) is 3.46. The zero-order valence-corrected chi connectivity index (χ0v) is 10.2. The molecule has 1 aromatic heterocycles. The molecule has 0 aromatic carbocycles. The average molecular weight is 234 g/mol. The van der Waals surface area contributed by atoms with Crippen LogP contribution in [0.25, 0.3) is 0 Å². The van der Waals surface area contributed by atoms with Crippen molar-refractivity contribution in [3.05, 3.63) is 23.9 Å². The normalized spacial score (nSPS) is 23.2. The number of pyridine rings is 1. The Morgan fingerprint density at radius 3 is 2.94 bits per heavy atom. The minimum absolute atomic E-state index is 0.371. The fourth-order valence-electron chi connectivity index (χ4n) is 2.61. The van der Waals surface area contributed by atoms with Crippen LogP contribution in [0.5, 0.6) is 0 Å². The lowest BCUT2D eigenvalue weighted by Gasteiger charge is -2.39. The van der Waals surface area contributed by atoms with E-state index >= 15 is 0 Å². The van der Waals surface area contributed by atoms with Crippen LogP contribution in [0.1, 0.15) is 18.4 Å². The number of hydrogen-bond acceptors (Lipinski definition) is 4. The van der Waals surface area contributed by atoms with Crippen molar-refractivity contribution < 1.29 is 9.47 Å². The first kappa shape index (κ1) is 11.0. The fraction of sp³-hybridized carbons (Fsp3) is 0.615. The van der Waals surface area contributed by atoms with Crippen molar-refractivity contribution >= 4 is 5.82 Å². The summed E-state index contributed by atoms with van der Waals surface area (Å²) in [6.07, 6.45) is 3.95. The second kappa shape index (κ2) is 4.27. The Balaban J connectivity index is 1.79. The number of hydrogen-bond donors (Lipinski definition) is 0. The number of anilines is 1. The highest BCUT2D eigenvalue weighted by atomic mass is 16.7. The van der Waals surface area contributed by atoms with Crippen molar-refractivity contribution in [2.24, 2.45) is 0 Å². The van der Waals surface area contributed by atoms with Gasteiger partial charge in [-0.05, 0) is 31.0 Å². The molecule has 0 bridgehead atoms. The summed E-state index contributed by atoms with van der Waals surface area (Å²) in [5, 5.41) is 0. The van der Waals surface area contributed by atoms with Crippen molar-refractivity contribution in [3.63, 3.8) is 0 Å². The van der Waals surface area contributed by atoms with E-state index in [4.69, 9.17) is 9.47 Å². The second-order valence-electron chi connectivity index (χ2n) is 4.82. The maximum Gasteiger partial charge on any atom is 0.186 e. The van der Waals surface area contributed by atoms with E-state index in [0.29, 0.717) is 0 Å². The molecule has 1 aromatic rings. The Bertz CT molecular complexity index is 402. The number of nitrogens with zero attached hydrogens (tertiary/aromatic N) is 2. The lowest BCUT2D eigenvalue weighted by Crippen LogP contribution is -2.49. The van der Waals surface area contributed by atoms with Gasteiger partial charge in [0.05, 0.1) is 19.8 Å². The van der Waals surface area contributed by atoms with Crippen LogP contribution in [0.15, 0.2) is 18.3 Å². The Labute approximate surface area is 102 Å². The van der Waals surface area contributed by atoms with Crippen LogP contribution in [0, 0.1) is 6.92 Å². The lowest BCUT2D eigenvalue weighted by molar-refractivity contribution is -0.161. The molecule has 1 spiro atoms. The highest BCUT2D eigenvalue weighted by molar-refractivity contribution is 5.41. The van der Waals surface area contributed by atoms with Crippen LogP contribution in [0.2, 0.25) is 0 Å². The molecule has 2 aliphatic heterocycles. The summed E-state index contributed by atoms with van der Waals surface area (Å²) in [6.45, 7) is 5.35. The largest absolute Gasteiger partial charge is 0.351 e. The molecule has 0 N–H and O–H groups in total. The molecule has 0 radical (unpaired) electrons. The van der Waals surface area contributed by atoms with Gasteiger partial charge in [-0.15, -0.1) is 0 Å². The van der Waals surface area contributed by atoms with Gasteiger partial charge in [-0.25, -0.2) is 4.98 Å². The minimum Gasteiger partial charge on any atom is -0.351 e. The topological polar surface area (TPSA) is 34.6 Å². The van der Waals surface area contributed by atoms with E-state index in [-0.39, 0.29) is 5.79 Å². The number of aromatic nitrogens is 1. The zero-order valence-electron chi connectivity index (χ0n) is 10.2. The summed E-state index contributed by atoms with van der Waals surface area (Å²) in [6, 6.07) is 4.14. The van der Waals surface area contributed by atoms with Gasteiger partial charge < -0.3 is 14.4 Å². The Hall–Kier alpha value is -1.13. The van der Waals surface area contributed by atoms with E-state index in [0.717, 1.165) is 45.0 Å². The van der Waals surface area contributed by atoms with Crippen LogP contribution in [0.3, 0.4) is 0 Å². The maximum atomic E-state index is 5.77. The summed E-state index contributed by atoms with van der Waals surface area (Å²) in [4.78, 5) is 6.70. The average Bonchev–Trinajstić information content (AvgIpc) is 2.77. The van der Waals surface area contributed by atoms with Crippen molar-refractivity contribution in [2.45, 2.75) is 25.6 Å². The fourth-order valence-corrected chi connectivity index (χ4v) is 2.61. The van der Waals surface area contributed by atoms with Gasteiger partial charge in [0.25, 0.3) is 0 Å². The Morgan fingerprint density at radius 2 is 2.18 bits per heavy atom. The van der Waals surface area contributed by atoms with E-state index in [1.165, 1.54) is 5.56 Å². The highest BCUT2D eigenvalue weighted by Crippen LogP contribution is 2.31. The highest BCUT2D eigenvalue weighted by Gasteiger charge is 2.41. The number of aryl methyl sites for hydroxylation is 1. The molecule has 0 amide bonds. The van der Waals surface area contributed by atoms with Crippen LogP contribution in [-0.2, 0) is 9.47 Å². The summed E-state index contributed by atoms with van der Waals surface area (Å²) in [7, 11) is 0. The molecule has 2 saturated heterocycles. The molecule has 2 aliphatic rings.